The number of amides is 1. The molecule has 1 saturated heterocycles. The molecule has 2 heterocycles. The average Bonchev–Trinajstić information content (AvgIpc) is 3.62. The number of nitrogens with zero attached hydrogens (tertiary/aromatic N) is 2. The number of carboxylic acid groups (broad SMARTS) is 1. The van der Waals surface area contributed by atoms with Gasteiger partial charge in [-0.15, -0.1) is 6.42 Å². The highest BCUT2D eigenvalue weighted by atomic mass is 19.4. The third-order valence-corrected chi connectivity index (χ3v) is 10.8. The molecule has 0 spiro atoms. The zero-order valence-corrected chi connectivity index (χ0v) is 30.8. The van der Waals surface area contributed by atoms with E-state index < -0.39 is 82.2 Å². The summed E-state index contributed by atoms with van der Waals surface area (Å²) in [5.74, 6) is -4.45. The highest BCUT2D eigenvalue weighted by Crippen LogP contribution is 2.41. The maximum Gasteiger partial charge on any atom is 0.416 e. The highest BCUT2D eigenvalue weighted by molar-refractivity contribution is 5.82. The van der Waals surface area contributed by atoms with Gasteiger partial charge >= 0.3 is 12.1 Å². The lowest BCUT2D eigenvalue weighted by atomic mass is 9.86. The number of halogens is 6. The second-order valence-electron chi connectivity index (χ2n) is 15.0. The molecular formula is C41H45F6N3O4. The van der Waals surface area contributed by atoms with E-state index in [9.17, 15) is 37.1 Å². The van der Waals surface area contributed by atoms with E-state index in [0.29, 0.717) is 38.0 Å². The maximum atomic E-state index is 16.6. The Morgan fingerprint density at radius 2 is 1.59 bits per heavy atom. The molecule has 2 aliphatic rings. The smallest absolute Gasteiger partial charge is 0.416 e. The van der Waals surface area contributed by atoms with E-state index in [0.717, 1.165) is 54.6 Å². The van der Waals surface area contributed by atoms with Crippen LogP contribution in [0.2, 0.25) is 0 Å². The molecule has 0 radical (unpaired) electrons. The third kappa shape index (κ3) is 8.70. The molecule has 2 fully saturated rings. The second kappa shape index (κ2) is 16.4. The molecule has 0 unspecified atom stereocenters. The summed E-state index contributed by atoms with van der Waals surface area (Å²) in [5, 5.41) is 12.3. The number of benzene rings is 2. The van der Waals surface area contributed by atoms with Gasteiger partial charge in [0.2, 0.25) is 5.91 Å². The van der Waals surface area contributed by atoms with Gasteiger partial charge in [-0.3, -0.25) is 14.4 Å². The van der Waals surface area contributed by atoms with Crippen molar-refractivity contribution in [2.75, 3.05) is 13.1 Å². The molecule has 2 N–H and O–H groups in total. The molecule has 1 aliphatic heterocycles. The SMILES string of the molecule is C#Cc1cc(-c2c(C)cc(F)cc2C)c(F)c([C@@H](CC(=O)O)NC(=O)[C@@H](CC(C)C)n2cc(C3CCN(C4CCCC4)CC3)c(C(F)(F)F)cc2=O)c1F. The summed E-state index contributed by atoms with van der Waals surface area (Å²) in [6, 6.07) is 0.868. The van der Waals surface area contributed by atoms with Crippen LogP contribution in [0.4, 0.5) is 26.3 Å². The van der Waals surface area contributed by atoms with Gasteiger partial charge in [0.1, 0.15) is 23.5 Å². The van der Waals surface area contributed by atoms with Gasteiger partial charge in [-0.2, -0.15) is 13.2 Å². The Labute approximate surface area is 310 Å². The van der Waals surface area contributed by atoms with Gasteiger partial charge in [-0.25, -0.2) is 13.2 Å². The van der Waals surface area contributed by atoms with Crippen LogP contribution < -0.4 is 10.9 Å². The molecular weight excluding hydrogens is 712 g/mol. The number of carbonyl (C=O) groups is 2. The van der Waals surface area contributed by atoms with Crippen LogP contribution in [0.25, 0.3) is 11.1 Å². The van der Waals surface area contributed by atoms with Crippen LogP contribution in [-0.4, -0.2) is 45.6 Å². The molecule has 0 bridgehead atoms. The second-order valence-corrected chi connectivity index (χ2v) is 15.0. The summed E-state index contributed by atoms with van der Waals surface area (Å²) < 4.78 is 91.1. The van der Waals surface area contributed by atoms with Crippen LogP contribution in [0.5, 0.6) is 0 Å². The van der Waals surface area contributed by atoms with Crippen LogP contribution in [0.3, 0.4) is 0 Å². The summed E-state index contributed by atoms with van der Waals surface area (Å²) in [4.78, 5) is 42.2. The van der Waals surface area contributed by atoms with Crippen molar-refractivity contribution in [3.05, 3.63) is 91.6 Å². The highest BCUT2D eigenvalue weighted by Gasteiger charge is 2.39. The number of carboxylic acids is 1. The molecule has 5 rings (SSSR count). The van der Waals surface area contributed by atoms with Gasteiger partial charge < -0.3 is 19.9 Å². The Morgan fingerprint density at radius 3 is 2.13 bits per heavy atom. The summed E-state index contributed by atoms with van der Waals surface area (Å²) in [6.07, 6.45) is 5.86. The summed E-state index contributed by atoms with van der Waals surface area (Å²) in [5.41, 5.74) is -3.12. The average molecular weight is 758 g/mol. The van der Waals surface area contributed by atoms with Gasteiger partial charge in [0.25, 0.3) is 5.56 Å². The van der Waals surface area contributed by atoms with E-state index >= 15 is 8.78 Å². The fourth-order valence-corrected chi connectivity index (χ4v) is 8.27. The van der Waals surface area contributed by atoms with Crippen LogP contribution >= 0.6 is 0 Å². The van der Waals surface area contributed by atoms with Crippen LogP contribution in [0, 0.1) is 49.6 Å². The van der Waals surface area contributed by atoms with Gasteiger partial charge in [0.05, 0.1) is 23.6 Å². The molecule has 290 valence electrons. The number of hydrogen-bond acceptors (Lipinski definition) is 4. The summed E-state index contributed by atoms with van der Waals surface area (Å²) in [6.45, 7) is 7.63. The number of likely N-dealkylation sites (tertiary alicyclic amines) is 1. The van der Waals surface area contributed by atoms with Gasteiger partial charge in [-0.1, -0.05) is 32.6 Å². The normalized spacial score (nSPS) is 17.1. The lowest BCUT2D eigenvalue weighted by molar-refractivity contribution is -0.139. The van der Waals surface area contributed by atoms with E-state index in [-0.39, 0.29) is 40.2 Å². The molecule has 1 saturated carbocycles. The standard InChI is InChI=1S/C41H45F6N3O4/c1-6-25-18-29(36-23(4)16-27(42)17-24(36)5)39(44)37(38(25)43)32(20-35(52)53)48-40(54)33(15-22(2)3)50-21-30(31(19-34(50)51)41(45,46)47)26-11-13-49(14-12-26)28-9-7-8-10-28/h1,16-19,21-22,26,28,32-33H,7-15,20H2,2-5H3,(H,48,54)(H,52,53)/t32-,33-/m1/s1. The molecule has 13 heteroatoms. The van der Waals surface area contributed by atoms with Crippen molar-refractivity contribution < 1.29 is 41.0 Å². The van der Waals surface area contributed by atoms with E-state index in [1.54, 1.807) is 13.8 Å². The minimum atomic E-state index is -4.85. The zero-order chi connectivity index (χ0) is 39.6. The monoisotopic (exact) mass is 757 g/mol. The number of terminal acetylenes is 1. The van der Waals surface area contributed by atoms with E-state index in [4.69, 9.17) is 6.42 Å². The predicted molar refractivity (Wildman–Crippen MR) is 192 cm³/mol. The first-order chi connectivity index (χ1) is 25.4. The molecule has 54 heavy (non-hydrogen) atoms. The van der Waals surface area contributed by atoms with Gasteiger partial charge in [0.15, 0.2) is 0 Å². The predicted octanol–water partition coefficient (Wildman–Crippen LogP) is 8.59. The first kappa shape index (κ1) is 40.6. The van der Waals surface area contributed by atoms with E-state index in [1.807, 2.05) is 0 Å². The van der Waals surface area contributed by atoms with Crippen molar-refractivity contribution in [3.63, 3.8) is 0 Å². The molecule has 7 nitrogen and oxygen atoms in total. The van der Waals surface area contributed by atoms with Crippen LogP contribution in [0.1, 0.15) is 117 Å². The van der Waals surface area contributed by atoms with E-state index in [1.165, 1.54) is 13.8 Å². The summed E-state index contributed by atoms with van der Waals surface area (Å²) >= 11 is 0. The fourth-order valence-electron chi connectivity index (χ4n) is 8.27. The Balaban J connectivity index is 1.58. The molecule has 1 aromatic heterocycles. The molecule has 2 aromatic carbocycles. The number of carbonyl (C=O) groups excluding carboxylic acids is 1. The van der Waals surface area contributed by atoms with Crippen molar-refractivity contribution in [3.8, 4) is 23.5 Å². The van der Waals surface area contributed by atoms with E-state index in [2.05, 4.69) is 16.1 Å². The lowest BCUT2D eigenvalue weighted by Crippen LogP contribution is -2.42. The third-order valence-electron chi connectivity index (χ3n) is 10.8. The van der Waals surface area contributed by atoms with Crippen LogP contribution in [-0.2, 0) is 15.8 Å². The topological polar surface area (TPSA) is 91.6 Å². The Kier molecular flexibility index (Phi) is 12.4. The molecule has 1 amide bonds. The fraction of sp³-hybridized carbons (Fsp3) is 0.488. The number of rotatable bonds is 11. The molecule has 2 atom stereocenters. The number of aryl methyl sites for hydroxylation is 2. The largest absolute Gasteiger partial charge is 0.481 e. The number of alkyl halides is 3. The van der Waals surface area contributed by atoms with Crippen molar-refractivity contribution in [2.24, 2.45) is 5.92 Å². The first-order valence-corrected chi connectivity index (χ1v) is 18.3. The summed E-state index contributed by atoms with van der Waals surface area (Å²) in [7, 11) is 0. The van der Waals surface area contributed by atoms with Crippen molar-refractivity contribution in [1.82, 2.24) is 14.8 Å². The number of hydrogen-bond donors (Lipinski definition) is 2. The molecule has 1 aliphatic carbocycles. The number of nitrogens with one attached hydrogen (secondary N) is 1. The Bertz CT molecular complexity index is 1980. The first-order valence-electron chi connectivity index (χ1n) is 18.3. The lowest BCUT2D eigenvalue weighted by Gasteiger charge is -2.37. The van der Waals surface area contributed by atoms with Crippen molar-refractivity contribution in [2.45, 2.75) is 109 Å². The van der Waals surface area contributed by atoms with Crippen molar-refractivity contribution >= 4 is 11.9 Å². The number of pyridine rings is 1. The maximum absolute atomic E-state index is 16.6. The van der Waals surface area contributed by atoms with Gasteiger partial charge in [-0.05, 0) is 111 Å². The molecule has 3 aromatic rings. The minimum Gasteiger partial charge on any atom is -0.481 e. The zero-order valence-electron chi connectivity index (χ0n) is 30.8. The van der Waals surface area contributed by atoms with Crippen molar-refractivity contribution in [1.29, 1.82) is 0 Å². The minimum absolute atomic E-state index is 0.0783. The quantitative estimate of drug-likeness (QED) is 0.151. The Morgan fingerprint density at radius 1 is 0.981 bits per heavy atom. The number of piperidine rings is 1. The van der Waals surface area contributed by atoms with Crippen LogP contribution in [0.15, 0.2) is 35.3 Å². The number of aromatic nitrogens is 1. The number of aliphatic carboxylic acids is 1. The Hall–Kier alpha value is -4.57. The van der Waals surface area contributed by atoms with Gasteiger partial charge in [0, 0.05) is 29.4 Å².